The van der Waals surface area contributed by atoms with E-state index in [9.17, 15) is 14.4 Å². The van der Waals surface area contributed by atoms with Gasteiger partial charge < -0.3 is 20.9 Å². The summed E-state index contributed by atoms with van der Waals surface area (Å²) >= 11 is 0. The Kier molecular flexibility index (Phi) is 4.86. The first-order valence-electron chi connectivity index (χ1n) is 9.71. The van der Waals surface area contributed by atoms with Crippen molar-refractivity contribution in [3.05, 3.63) is 35.4 Å². The van der Waals surface area contributed by atoms with Gasteiger partial charge >= 0.3 is 0 Å². The van der Waals surface area contributed by atoms with E-state index in [-0.39, 0.29) is 35.6 Å². The fourth-order valence-corrected chi connectivity index (χ4v) is 4.27. The number of benzene rings is 1. The fourth-order valence-electron chi connectivity index (χ4n) is 4.27. The second-order valence-corrected chi connectivity index (χ2v) is 7.86. The number of amides is 3. The first kappa shape index (κ1) is 18.0. The molecule has 7 heteroatoms. The molecule has 144 valence electrons. The first-order chi connectivity index (χ1) is 13.1. The number of hydrogen-bond acceptors (Lipinski definition) is 4. The van der Waals surface area contributed by atoms with Crippen LogP contribution in [0.2, 0.25) is 0 Å². The van der Waals surface area contributed by atoms with Crippen molar-refractivity contribution in [3.63, 3.8) is 0 Å². The van der Waals surface area contributed by atoms with Crippen LogP contribution in [-0.2, 0) is 16.1 Å². The molecule has 2 heterocycles. The average molecular weight is 370 g/mol. The van der Waals surface area contributed by atoms with Crippen LogP contribution in [0.15, 0.2) is 24.3 Å². The van der Waals surface area contributed by atoms with Crippen LogP contribution in [-0.4, -0.2) is 55.3 Å². The first-order valence-corrected chi connectivity index (χ1v) is 9.71. The lowest BCUT2D eigenvalue weighted by atomic mass is 9.92. The summed E-state index contributed by atoms with van der Waals surface area (Å²) in [5, 5.41) is 9.11. The van der Waals surface area contributed by atoms with Gasteiger partial charge in [-0.1, -0.05) is 12.1 Å². The summed E-state index contributed by atoms with van der Waals surface area (Å²) < 4.78 is 0. The normalized spacial score (nSPS) is 23.6. The molecule has 3 N–H and O–H groups in total. The Hall–Kier alpha value is -2.41. The maximum absolute atomic E-state index is 12.5. The molecule has 2 aliphatic heterocycles. The molecule has 1 spiro atoms. The molecule has 3 aliphatic rings. The van der Waals surface area contributed by atoms with Gasteiger partial charge in [0.15, 0.2) is 0 Å². The summed E-state index contributed by atoms with van der Waals surface area (Å²) in [6.45, 7) is 3.63. The van der Waals surface area contributed by atoms with Crippen molar-refractivity contribution in [1.29, 1.82) is 0 Å². The lowest BCUT2D eigenvalue weighted by molar-refractivity contribution is -0.124. The maximum Gasteiger partial charge on any atom is 0.254 e. The molecule has 1 unspecified atom stereocenters. The molecule has 2 saturated heterocycles. The summed E-state index contributed by atoms with van der Waals surface area (Å²) in [5.74, 6) is 0.0499. The third kappa shape index (κ3) is 3.83. The maximum atomic E-state index is 12.5. The highest BCUT2D eigenvalue weighted by Gasteiger charge is 2.57. The van der Waals surface area contributed by atoms with E-state index >= 15 is 0 Å². The van der Waals surface area contributed by atoms with E-state index in [1.54, 1.807) is 17.0 Å². The Labute approximate surface area is 158 Å². The summed E-state index contributed by atoms with van der Waals surface area (Å²) in [4.78, 5) is 37.9. The molecule has 0 radical (unpaired) electrons. The number of carbonyl (C=O) groups is 3. The van der Waals surface area contributed by atoms with Crippen molar-refractivity contribution < 1.29 is 14.4 Å². The molecule has 1 aliphatic carbocycles. The molecular weight excluding hydrogens is 344 g/mol. The molecule has 7 nitrogen and oxygen atoms in total. The van der Waals surface area contributed by atoms with E-state index in [0.29, 0.717) is 25.2 Å². The van der Waals surface area contributed by atoms with E-state index in [2.05, 4.69) is 16.0 Å². The Morgan fingerprint density at radius 1 is 1.15 bits per heavy atom. The Morgan fingerprint density at radius 2 is 1.89 bits per heavy atom. The van der Waals surface area contributed by atoms with Gasteiger partial charge in [-0.2, -0.15) is 0 Å². The van der Waals surface area contributed by atoms with Gasteiger partial charge in [-0.15, -0.1) is 0 Å². The topological polar surface area (TPSA) is 90.5 Å². The number of hydrogen-bond donors (Lipinski definition) is 3. The fraction of sp³-hybridized carbons (Fsp3) is 0.550. The second kappa shape index (κ2) is 7.31. The summed E-state index contributed by atoms with van der Waals surface area (Å²) in [7, 11) is 0. The van der Waals surface area contributed by atoms with Crippen LogP contribution in [0.4, 0.5) is 0 Å². The summed E-state index contributed by atoms with van der Waals surface area (Å²) in [6.07, 6.45) is 3.20. The van der Waals surface area contributed by atoms with E-state index in [1.807, 2.05) is 12.1 Å². The average Bonchev–Trinajstić information content (AvgIpc) is 3.39. The van der Waals surface area contributed by atoms with Crippen LogP contribution >= 0.6 is 0 Å². The molecule has 0 aromatic heterocycles. The lowest BCUT2D eigenvalue weighted by Gasteiger charge is -2.26. The highest BCUT2D eigenvalue weighted by atomic mass is 16.2. The minimum Gasteiger partial charge on any atom is -0.353 e. The minimum absolute atomic E-state index is 0.106. The number of piperidine rings is 1. The van der Waals surface area contributed by atoms with E-state index in [0.717, 1.165) is 37.9 Å². The molecular formula is C20H26N4O3. The molecule has 3 amide bonds. The van der Waals surface area contributed by atoms with Crippen LogP contribution in [0.3, 0.4) is 0 Å². The molecule has 4 rings (SSSR count). The molecule has 27 heavy (non-hydrogen) atoms. The number of nitrogens with one attached hydrogen (secondary N) is 3. The van der Waals surface area contributed by atoms with Gasteiger partial charge in [0.2, 0.25) is 11.8 Å². The van der Waals surface area contributed by atoms with Crippen molar-refractivity contribution >= 4 is 17.7 Å². The SMILES string of the molecule is O=C1CN(C(=O)c2ccc(CNC(=O)C3CC34CCNCC4)cc2)CCN1. The predicted octanol–water partition coefficient (Wildman–Crippen LogP) is 0.265. The molecule has 1 saturated carbocycles. The number of rotatable bonds is 4. The van der Waals surface area contributed by atoms with E-state index in [4.69, 9.17) is 0 Å². The van der Waals surface area contributed by atoms with Gasteiger partial charge in [-0.25, -0.2) is 0 Å². The lowest BCUT2D eigenvalue weighted by Crippen LogP contribution is -2.49. The molecule has 1 aromatic carbocycles. The van der Waals surface area contributed by atoms with Crippen molar-refractivity contribution in [2.45, 2.75) is 25.8 Å². The van der Waals surface area contributed by atoms with Crippen molar-refractivity contribution in [3.8, 4) is 0 Å². The quantitative estimate of drug-likeness (QED) is 0.709. The highest BCUT2D eigenvalue weighted by Crippen LogP contribution is 2.58. The molecule has 1 aromatic rings. The van der Waals surface area contributed by atoms with Crippen LogP contribution < -0.4 is 16.0 Å². The zero-order valence-electron chi connectivity index (χ0n) is 15.4. The third-order valence-electron chi connectivity index (χ3n) is 6.10. The van der Waals surface area contributed by atoms with Gasteiger partial charge in [0, 0.05) is 31.1 Å². The number of nitrogens with zero attached hydrogens (tertiary/aromatic N) is 1. The highest BCUT2D eigenvalue weighted by molar-refractivity contribution is 5.97. The monoisotopic (exact) mass is 370 g/mol. The second-order valence-electron chi connectivity index (χ2n) is 7.86. The summed E-state index contributed by atoms with van der Waals surface area (Å²) in [5.41, 5.74) is 1.78. The number of carbonyl (C=O) groups excluding carboxylic acids is 3. The van der Waals surface area contributed by atoms with Crippen LogP contribution in [0.5, 0.6) is 0 Å². The standard InChI is InChI=1S/C20H26N4O3/c25-17-13-24(10-9-22-17)19(27)15-3-1-14(2-4-15)12-23-18(26)16-11-20(16)5-7-21-8-6-20/h1-4,16,21H,5-13H2,(H,22,25)(H,23,26). The van der Waals surface area contributed by atoms with Gasteiger partial charge in [-0.3, -0.25) is 14.4 Å². The molecule has 1 atom stereocenters. The Balaban J connectivity index is 1.29. The van der Waals surface area contributed by atoms with Crippen LogP contribution in [0, 0.1) is 11.3 Å². The molecule has 0 bridgehead atoms. The zero-order valence-corrected chi connectivity index (χ0v) is 15.4. The van der Waals surface area contributed by atoms with Gasteiger partial charge in [-0.05, 0) is 55.5 Å². The van der Waals surface area contributed by atoms with Crippen molar-refractivity contribution in [2.24, 2.45) is 11.3 Å². The smallest absolute Gasteiger partial charge is 0.254 e. The van der Waals surface area contributed by atoms with Gasteiger partial charge in [0.05, 0.1) is 6.54 Å². The van der Waals surface area contributed by atoms with E-state index < -0.39 is 0 Å². The predicted molar refractivity (Wildman–Crippen MR) is 99.8 cm³/mol. The van der Waals surface area contributed by atoms with Crippen molar-refractivity contribution in [2.75, 3.05) is 32.7 Å². The minimum atomic E-state index is -0.133. The Bertz CT molecular complexity index is 740. The van der Waals surface area contributed by atoms with Gasteiger partial charge in [0.25, 0.3) is 5.91 Å². The largest absolute Gasteiger partial charge is 0.353 e. The third-order valence-corrected chi connectivity index (χ3v) is 6.10. The van der Waals surface area contributed by atoms with Crippen LogP contribution in [0.25, 0.3) is 0 Å². The van der Waals surface area contributed by atoms with Gasteiger partial charge in [0.1, 0.15) is 0 Å². The van der Waals surface area contributed by atoms with E-state index in [1.165, 1.54) is 0 Å². The zero-order chi connectivity index (χ0) is 18.9. The molecule has 3 fully saturated rings. The number of piperazine rings is 1. The van der Waals surface area contributed by atoms with Crippen molar-refractivity contribution in [1.82, 2.24) is 20.9 Å². The van der Waals surface area contributed by atoms with Crippen LogP contribution in [0.1, 0.15) is 35.2 Å². The Morgan fingerprint density at radius 3 is 2.59 bits per heavy atom. The summed E-state index contributed by atoms with van der Waals surface area (Å²) in [6, 6.07) is 7.26.